The summed E-state index contributed by atoms with van der Waals surface area (Å²) in [5, 5.41) is 9.48. The maximum Gasteiger partial charge on any atom is 0.308 e. The van der Waals surface area contributed by atoms with Crippen molar-refractivity contribution in [1.82, 2.24) is 4.90 Å². The molecule has 8 heteroatoms. The third kappa shape index (κ3) is 6.01. The number of aryl methyl sites for hydroxylation is 1. The van der Waals surface area contributed by atoms with Gasteiger partial charge in [-0.25, -0.2) is 0 Å². The van der Waals surface area contributed by atoms with Crippen molar-refractivity contribution in [2.24, 2.45) is 11.3 Å². The predicted molar refractivity (Wildman–Crippen MR) is 144 cm³/mol. The minimum atomic E-state index is -1.04. The van der Waals surface area contributed by atoms with Crippen LogP contribution in [0.3, 0.4) is 0 Å². The van der Waals surface area contributed by atoms with Crippen LogP contribution >= 0.6 is 0 Å². The van der Waals surface area contributed by atoms with E-state index in [1.54, 1.807) is 16.9 Å². The van der Waals surface area contributed by atoms with Gasteiger partial charge in [0.15, 0.2) is 0 Å². The number of methoxy groups -OCH3 is 1. The predicted octanol–water partition coefficient (Wildman–Crippen LogP) is 4.58. The van der Waals surface area contributed by atoms with E-state index >= 15 is 0 Å². The van der Waals surface area contributed by atoms with Gasteiger partial charge in [0.2, 0.25) is 5.91 Å². The smallest absolute Gasteiger partial charge is 0.308 e. The van der Waals surface area contributed by atoms with Crippen LogP contribution in [0.15, 0.2) is 42.5 Å². The number of ether oxygens (including phenoxy) is 2. The SMILES string of the molecule is COc1ccccc1C1OC(CC(=O)N2CCCC(C(=O)O)C2)C(=O)N(CC(C)(C)C)c2ccc(C)cc21. The number of para-hydroxylation sites is 1. The first-order valence-corrected chi connectivity index (χ1v) is 13.2. The molecule has 2 aliphatic rings. The van der Waals surface area contributed by atoms with Gasteiger partial charge in [-0.3, -0.25) is 14.4 Å². The summed E-state index contributed by atoms with van der Waals surface area (Å²) >= 11 is 0. The van der Waals surface area contributed by atoms with Gasteiger partial charge in [0.25, 0.3) is 5.91 Å². The summed E-state index contributed by atoms with van der Waals surface area (Å²) in [5.41, 5.74) is 3.18. The number of piperidine rings is 1. The van der Waals surface area contributed by atoms with Crippen molar-refractivity contribution in [2.75, 3.05) is 31.6 Å². The molecule has 2 aromatic rings. The van der Waals surface area contributed by atoms with E-state index in [0.717, 1.165) is 22.4 Å². The molecule has 1 saturated heterocycles. The topological polar surface area (TPSA) is 96.4 Å². The maximum absolute atomic E-state index is 14.1. The second-order valence-electron chi connectivity index (χ2n) is 11.5. The molecule has 0 saturated carbocycles. The van der Waals surface area contributed by atoms with Gasteiger partial charge in [-0.2, -0.15) is 0 Å². The molecule has 2 aliphatic heterocycles. The van der Waals surface area contributed by atoms with Gasteiger partial charge < -0.3 is 24.4 Å². The van der Waals surface area contributed by atoms with E-state index < -0.39 is 24.1 Å². The number of benzene rings is 2. The average molecular weight is 523 g/mol. The van der Waals surface area contributed by atoms with Gasteiger partial charge in [-0.15, -0.1) is 0 Å². The minimum absolute atomic E-state index is 0.149. The summed E-state index contributed by atoms with van der Waals surface area (Å²) in [6.07, 6.45) is -0.683. The molecule has 2 amide bonds. The number of hydrogen-bond acceptors (Lipinski definition) is 5. The molecular formula is C30H38N2O6. The molecule has 1 fully saturated rings. The lowest BCUT2D eigenvalue weighted by molar-refractivity contribution is -0.148. The summed E-state index contributed by atoms with van der Waals surface area (Å²) in [7, 11) is 1.60. The number of aliphatic carboxylic acids is 1. The Labute approximate surface area is 224 Å². The van der Waals surface area contributed by atoms with Crippen molar-refractivity contribution in [3.05, 3.63) is 59.2 Å². The van der Waals surface area contributed by atoms with Crippen molar-refractivity contribution in [3.8, 4) is 5.75 Å². The molecule has 8 nitrogen and oxygen atoms in total. The van der Waals surface area contributed by atoms with Gasteiger partial charge in [0.05, 0.1) is 19.4 Å². The lowest BCUT2D eigenvalue weighted by Crippen LogP contribution is -2.47. The van der Waals surface area contributed by atoms with Crippen LogP contribution < -0.4 is 9.64 Å². The molecule has 4 rings (SSSR count). The van der Waals surface area contributed by atoms with Crippen LogP contribution in [0.25, 0.3) is 0 Å². The number of nitrogens with zero attached hydrogens (tertiary/aromatic N) is 2. The minimum Gasteiger partial charge on any atom is -0.496 e. The van der Waals surface area contributed by atoms with Crippen molar-refractivity contribution in [2.45, 2.75) is 59.2 Å². The molecule has 3 atom stereocenters. The zero-order valence-electron chi connectivity index (χ0n) is 22.9. The molecule has 2 heterocycles. The number of rotatable bonds is 6. The van der Waals surface area contributed by atoms with Crippen LogP contribution in [0.4, 0.5) is 5.69 Å². The van der Waals surface area contributed by atoms with E-state index in [-0.39, 0.29) is 30.2 Å². The quantitative estimate of drug-likeness (QED) is 0.597. The van der Waals surface area contributed by atoms with E-state index in [0.29, 0.717) is 31.7 Å². The third-order valence-electron chi connectivity index (χ3n) is 7.14. The summed E-state index contributed by atoms with van der Waals surface area (Å²) in [6.45, 7) is 9.27. The Kier molecular flexibility index (Phi) is 8.11. The molecule has 0 radical (unpaired) electrons. The zero-order valence-corrected chi connectivity index (χ0v) is 22.9. The molecule has 0 bridgehead atoms. The fourth-order valence-corrected chi connectivity index (χ4v) is 5.31. The molecule has 0 aromatic heterocycles. The monoisotopic (exact) mass is 522 g/mol. The molecule has 2 aromatic carbocycles. The van der Waals surface area contributed by atoms with E-state index in [9.17, 15) is 19.5 Å². The summed E-state index contributed by atoms with van der Waals surface area (Å²) in [5.74, 6) is -1.41. The lowest BCUT2D eigenvalue weighted by Gasteiger charge is -2.33. The van der Waals surface area contributed by atoms with Crippen LogP contribution in [-0.4, -0.2) is 60.6 Å². The molecule has 0 aliphatic carbocycles. The average Bonchev–Trinajstić information content (AvgIpc) is 2.98. The summed E-state index contributed by atoms with van der Waals surface area (Å²) in [4.78, 5) is 42.4. The van der Waals surface area contributed by atoms with E-state index in [2.05, 4.69) is 20.8 Å². The Morgan fingerprint density at radius 2 is 1.87 bits per heavy atom. The third-order valence-corrected chi connectivity index (χ3v) is 7.14. The number of fused-ring (bicyclic) bond motifs is 1. The summed E-state index contributed by atoms with van der Waals surface area (Å²) in [6, 6.07) is 13.5. The number of likely N-dealkylation sites (tertiary alicyclic amines) is 1. The fraction of sp³-hybridized carbons (Fsp3) is 0.500. The number of anilines is 1. The molecule has 0 spiro atoms. The molecule has 1 N–H and O–H groups in total. The molecule has 3 unspecified atom stereocenters. The Balaban J connectivity index is 1.76. The first-order valence-electron chi connectivity index (χ1n) is 13.2. The zero-order chi connectivity index (χ0) is 27.6. The number of hydrogen-bond donors (Lipinski definition) is 1. The Morgan fingerprint density at radius 3 is 2.55 bits per heavy atom. The van der Waals surface area contributed by atoms with Gasteiger partial charge in [-0.05, 0) is 37.3 Å². The van der Waals surface area contributed by atoms with Gasteiger partial charge in [0, 0.05) is 36.4 Å². The van der Waals surface area contributed by atoms with Crippen molar-refractivity contribution in [3.63, 3.8) is 0 Å². The standard InChI is InChI=1S/C30H38N2O6/c1-19-12-13-23-22(15-19)27(21-10-6-7-11-24(21)37-5)38-25(28(34)32(23)18-30(2,3)4)16-26(33)31-14-8-9-20(17-31)29(35)36/h6-7,10-13,15,20,25,27H,8-9,14,16-18H2,1-5H3,(H,35,36). The van der Waals surface area contributed by atoms with Gasteiger partial charge in [0.1, 0.15) is 18.0 Å². The summed E-state index contributed by atoms with van der Waals surface area (Å²) < 4.78 is 12.2. The Bertz CT molecular complexity index is 1200. The van der Waals surface area contributed by atoms with E-state index in [1.807, 2.05) is 49.4 Å². The second-order valence-corrected chi connectivity index (χ2v) is 11.5. The van der Waals surface area contributed by atoms with Crippen LogP contribution in [-0.2, 0) is 19.1 Å². The lowest BCUT2D eigenvalue weighted by atomic mass is 9.93. The first-order chi connectivity index (χ1) is 18.0. The maximum atomic E-state index is 14.1. The van der Waals surface area contributed by atoms with Crippen LogP contribution in [0.2, 0.25) is 0 Å². The van der Waals surface area contributed by atoms with Crippen LogP contribution in [0.1, 0.15) is 62.8 Å². The van der Waals surface area contributed by atoms with E-state index in [4.69, 9.17) is 9.47 Å². The highest BCUT2D eigenvalue weighted by molar-refractivity contribution is 6.00. The van der Waals surface area contributed by atoms with Crippen molar-refractivity contribution in [1.29, 1.82) is 0 Å². The Morgan fingerprint density at radius 1 is 1.13 bits per heavy atom. The number of carboxylic acids is 1. The van der Waals surface area contributed by atoms with Gasteiger partial charge in [-0.1, -0.05) is 56.7 Å². The highest BCUT2D eigenvalue weighted by Gasteiger charge is 2.41. The normalized spacial score (nSPS) is 22.0. The number of carboxylic acid groups (broad SMARTS) is 1. The molecule has 38 heavy (non-hydrogen) atoms. The molecule has 204 valence electrons. The van der Waals surface area contributed by atoms with Crippen molar-refractivity contribution < 1.29 is 29.0 Å². The number of amides is 2. The molecular weight excluding hydrogens is 484 g/mol. The highest BCUT2D eigenvalue weighted by Crippen LogP contribution is 2.42. The second kappa shape index (κ2) is 11.2. The Hall–Kier alpha value is -3.39. The first kappa shape index (κ1) is 27.6. The number of carbonyl (C=O) groups excluding carboxylic acids is 2. The van der Waals surface area contributed by atoms with Crippen LogP contribution in [0.5, 0.6) is 5.75 Å². The van der Waals surface area contributed by atoms with Gasteiger partial charge >= 0.3 is 5.97 Å². The fourth-order valence-electron chi connectivity index (χ4n) is 5.31. The largest absolute Gasteiger partial charge is 0.496 e. The highest BCUT2D eigenvalue weighted by atomic mass is 16.5. The number of carbonyl (C=O) groups is 3. The van der Waals surface area contributed by atoms with Crippen LogP contribution in [0, 0.1) is 18.3 Å². The van der Waals surface area contributed by atoms with E-state index in [1.165, 1.54) is 0 Å². The van der Waals surface area contributed by atoms with Crippen molar-refractivity contribution >= 4 is 23.5 Å².